The molecular weight excluding hydrogens is 669 g/mol. The van der Waals surface area contributed by atoms with E-state index < -0.39 is 0 Å². The first-order chi connectivity index (χ1) is 27.3. The Morgan fingerprint density at radius 1 is 0.291 bits per heavy atom. The second-order valence-electron chi connectivity index (χ2n) is 14.5. The molecule has 55 heavy (non-hydrogen) atoms. The number of nitrogens with zero attached hydrogens (tertiary/aromatic N) is 2. The Kier molecular flexibility index (Phi) is 6.34. The second kappa shape index (κ2) is 11.6. The maximum Gasteiger partial charge on any atom is 0.135 e. The molecule has 0 aliphatic heterocycles. The third-order valence-corrected chi connectivity index (χ3v) is 11.5. The highest BCUT2D eigenvalue weighted by Gasteiger charge is 2.19. The van der Waals surface area contributed by atoms with Crippen LogP contribution in [-0.4, -0.2) is 9.13 Å². The summed E-state index contributed by atoms with van der Waals surface area (Å²) in [5.41, 5.74) is 13.7. The van der Waals surface area contributed by atoms with E-state index in [0.717, 1.165) is 33.3 Å². The number of para-hydroxylation sites is 2. The average molecular weight is 701 g/mol. The van der Waals surface area contributed by atoms with E-state index in [9.17, 15) is 0 Å². The van der Waals surface area contributed by atoms with Gasteiger partial charge in [0.15, 0.2) is 0 Å². The largest absolute Gasteiger partial charge is 0.456 e. The van der Waals surface area contributed by atoms with Gasteiger partial charge in [0.1, 0.15) is 11.2 Å². The van der Waals surface area contributed by atoms with Gasteiger partial charge in [0.05, 0.1) is 22.1 Å². The molecule has 0 unspecified atom stereocenters. The van der Waals surface area contributed by atoms with Gasteiger partial charge in [0.25, 0.3) is 0 Å². The molecule has 9 aromatic carbocycles. The molecule has 0 spiro atoms. The van der Waals surface area contributed by atoms with Crippen LogP contribution < -0.4 is 0 Å². The van der Waals surface area contributed by atoms with Crippen LogP contribution in [-0.2, 0) is 0 Å². The van der Waals surface area contributed by atoms with Crippen LogP contribution in [0.4, 0.5) is 0 Å². The summed E-state index contributed by atoms with van der Waals surface area (Å²) in [6.07, 6.45) is 0. The molecule has 3 heterocycles. The number of aromatic nitrogens is 2. The van der Waals surface area contributed by atoms with Crippen LogP contribution in [0.15, 0.2) is 199 Å². The molecule has 0 aliphatic rings. The first kappa shape index (κ1) is 30.1. The maximum absolute atomic E-state index is 6.23. The van der Waals surface area contributed by atoms with Gasteiger partial charge in [0.2, 0.25) is 0 Å². The SMILES string of the molecule is c1ccc(-c2ccc(-n3c4ccccc4c4cc(-c5ccc6c(c5)c5ccc7ccccc7c5n6-c5ccc6oc7ccccc7c6c5)ccc43)cc2)cc1. The van der Waals surface area contributed by atoms with Crippen molar-refractivity contribution in [3.05, 3.63) is 194 Å². The molecule has 0 aliphatic carbocycles. The fourth-order valence-corrected chi connectivity index (χ4v) is 8.95. The minimum atomic E-state index is 0.902. The van der Waals surface area contributed by atoms with Gasteiger partial charge >= 0.3 is 0 Å². The fraction of sp³-hybridized carbons (Fsp3) is 0. The van der Waals surface area contributed by atoms with Gasteiger partial charge in [-0.3, -0.25) is 0 Å². The lowest BCUT2D eigenvalue weighted by Gasteiger charge is -2.11. The van der Waals surface area contributed by atoms with Crippen molar-refractivity contribution in [1.29, 1.82) is 0 Å². The van der Waals surface area contributed by atoms with Crippen molar-refractivity contribution >= 4 is 76.3 Å². The molecule has 256 valence electrons. The first-order valence-electron chi connectivity index (χ1n) is 18.8. The summed E-state index contributed by atoms with van der Waals surface area (Å²) < 4.78 is 11.1. The molecular formula is C52H32N2O. The molecule has 0 saturated heterocycles. The maximum atomic E-state index is 6.23. The molecule has 0 saturated carbocycles. The van der Waals surface area contributed by atoms with E-state index in [1.807, 2.05) is 12.1 Å². The number of hydrogen-bond acceptors (Lipinski definition) is 1. The lowest BCUT2D eigenvalue weighted by Crippen LogP contribution is -1.94. The van der Waals surface area contributed by atoms with Crippen molar-refractivity contribution in [3.8, 4) is 33.6 Å². The van der Waals surface area contributed by atoms with E-state index >= 15 is 0 Å². The predicted octanol–water partition coefficient (Wildman–Crippen LogP) is 14.3. The monoisotopic (exact) mass is 700 g/mol. The Morgan fingerprint density at radius 3 is 1.69 bits per heavy atom. The molecule has 3 nitrogen and oxygen atoms in total. The molecule has 0 bridgehead atoms. The Morgan fingerprint density at radius 2 is 0.873 bits per heavy atom. The number of fused-ring (bicyclic) bond motifs is 11. The van der Waals surface area contributed by atoms with Crippen molar-refractivity contribution in [1.82, 2.24) is 9.13 Å². The fourth-order valence-electron chi connectivity index (χ4n) is 8.95. The van der Waals surface area contributed by atoms with Gasteiger partial charge in [-0.05, 0) is 94.4 Å². The Bertz CT molecular complexity index is 3470. The molecule has 12 rings (SSSR count). The zero-order valence-corrected chi connectivity index (χ0v) is 29.8. The molecule has 0 atom stereocenters. The van der Waals surface area contributed by atoms with Gasteiger partial charge in [-0.15, -0.1) is 0 Å². The zero-order chi connectivity index (χ0) is 36.0. The minimum Gasteiger partial charge on any atom is -0.456 e. The van der Waals surface area contributed by atoms with Crippen LogP contribution in [0, 0.1) is 0 Å². The third kappa shape index (κ3) is 4.50. The van der Waals surface area contributed by atoms with E-state index in [4.69, 9.17) is 4.42 Å². The molecule has 3 heteroatoms. The quantitative estimate of drug-likeness (QED) is 0.179. The highest BCUT2D eigenvalue weighted by Crippen LogP contribution is 2.41. The highest BCUT2D eigenvalue weighted by molar-refractivity contribution is 6.20. The summed E-state index contributed by atoms with van der Waals surface area (Å²) in [6.45, 7) is 0. The summed E-state index contributed by atoms with van der Waals surface area (Å²) in [6, 6.07) is 70.4. The van der Waals surface area contributed by atoms with Crippen molar-refractivity contribution in [2.45, 2.75) is 0 Å². The summed E-state index contributed by atoms with van der Waals surface area (Å²) in [7, 11) is 0. The standard InChI is InChI=1S/C52H32N2O/c1-2-10-33(11-3-1)34-18-23-38(24-19-34)53-47-16-8-6-14-41(47)44-30-36(21-27-48(44)53)37-22-28-49-45(31-37)43-26-20-35-12-4-5-13-40(35)52(43)54(49)39-25-29-51-46(32-39)42-15-7-9-17-50(42)55-51/h1-32H. The highest BCUT2D eigenvalue weighted by atomic mass is 16.3. The smallest absolute Gasteiger partial charge is 0.135 e. The second-order valence-corrected chi connectivity index (χ2v) is 14.5. The lowest BCUT2D eigenvalue weighted by molar-refractivity contribution is 0.669. The van der Waals surface area contributed by atoms with E-state index in [2.05, 4.69) is 191 Å². The van der Waals surface area contributed by atoms with Crippen molar-refractivity contribution < 1.29 is 4.42 Å². The van der Waals surface area contributed by atoms with E-state index in [1.165, 1.54) is 76.6 Å². The van der Waals surface area contributed by atoms with Crippen LogP contribution in [0.25, 0.3) is 110 Å². The van der Waals surface area contributed by atoms with Crippen LogP contribution in [0.5, 0.6) is 0 Å². The van der Waals surface area contributed by atoms with Crippen LogP contribution >= 0.6 is 0 Å². The molecule has 12 aromatic rings. The lowest BCUT2D eigenvalue weighted by atomic mass is 10.00. The Labute approximate surface area is 316 Å². The Hall–Kier alpha value is -7.36. The molecule has 0 fully saturated rings. The normalized spacial score (nSPS) is 12.0. The van der Waals surface area contributed by atoms with Crippen LogP contribution in [0.3, 0.4) is 0 Å². The van der Waals surface area contributed by atoms with Crippen LogP contribution in [0.1, 0.15) is 0 Å². The number of rotatable bonds is 4. The molecule has 3 aromatic heterocycles. The van der Waals surface area contributed by atoms with Gasteiger partial charge in [-0.2, -0.15) is 0 Å². The first-order valence-corrected chi connectivity index (χ1v) is 18.8. The summed E-state index contributed by atoms with van der Waals surface area (Å²) in [5, 5.41) is 9.69. The van der Waals surface area contributed by atoms with Crippen LogP contribution in [0.2, 0.25) is 0 Å². The predicted molar refractivity (Wildman–Crippen MR) is 231 cm³/mol. The van der Waals surface area contributed by atoms with Gasteiger partial charge in [-0.25, -0.2) is 0 Å². The Balaban J connectivity index is 1.04. The van der Waals surface area contributed by atoms with E-state index in [0.29, 0.717) is 0 Å². The van der Waals surface area contributed by atoms with E-state index in [-0.39, 0.29) is 0 Å². The number of hydrogen-bond donors (Lipinski definition) is 0. The topological polar surface area (TPSA) is 23.0 Å². The van der Waals surface area contributed by atoms with Crippen molar-refractivity contribution in [2.24, 2.45) is 0 Å². The average Bonchev–Trinajstić information content (AvgIpc) is 3.91. The summed E-state index contributed by atoms with van der Waals surface area (Å²) in [4.78, 5) is 0. The number of benzene rings is 9. The van der Waals surface area contributed by atoms with Gasteiger partial charge < -0.3 is 13.6 Å². The van der Waals surface area contributed by atoms with Crippen molar-refractivity contribution in [2.75, 3.05) is 0 Å². The zero-order valence-electron chi connectivity index (χ0n) is 29.8. The van der Waals surface area contributed by atoms with Crippen molar-refractivity contribution in [3.63, 3.8) is 0 Å². The molecule has 0 amide bonds. The number of furan rings is 1. The molecule has 0 radical (unpaired) electrons. The summed E-state index contributed by atoms with van der Waals surface area (Å²) >= 11 is 0. The van der Waals surface area contributed by atoms with Gasteiger partial charge in [-0.1, -0.05) is 127 Å². The molecule has 0 N–H and O–H groups in total. The summed E-state index contributed by atoms with van der Waals surface area (Å²) in [5.74, 6) is 0. The third-order valence-electron chi connectivity index (χ3n) is 11.5. The van der Waals surface area contributed by atoms with E-state index in [1.54, 1.807) is 0 Å². The minimum absolute atomic E-state index is 0.902. The van der Waals surface area contributed by atoms with Gasteiger partial charge in [0, 0.05) is 49.1 Å².